The SMILES string of the molecule is Cc1cccc(C)c1CNc1ccc(Cl)c([N+](=O)[O-])c1. The summed E-state index contributed by atoms with van der Waals surface area (Å²) in [7, 11) is 0. The van der Waals surface area contributed by atoms with Crippen LogP contribution >= 0.6 is 11.6 Å². The summed E-state index contributed by atoms with van der Waals surface area (Å²) in [6, 6.07) is 10.8. The van der Waals surface area contributed by atoms with Crippen LogP contribution in [0.3, 0.4) is 0 Å². The lowest BCUT2D eigenvalue weighted by Gasteiger charge is -2.12. The summed E-state index contributed by atoms with van der Waals surface area (Å²) in [5.41, 5.74) is 4.19. The zero-order valence-corrected chi connectivity index (χ0v) is 12.1. The highest BCUT2D eigenvalue weighted by atomic mass is 35.5. The van der Waals surface area contributed by atoms with Crippen LogP contribution in [-0.4, -0.2) is 4.92 Å². The van der Waals surface area contributed by atoms with Gasteiger partial charge in [-0.15, -0.1) is 0 Å². The molecule has 0 aliphatic rings. The molecule has 4 nitrogen and oxygen atoms in total. The maximum atomic E-state index is 10.8. The van der Waals surface area contributed by atoms with Crippen molar-refractivity contribution in [2.24, 2.45) is 0 Å². The second-order valence-corrected chi connectivity index (χ2v) is 5.05. The molecule has 104 valence electrons. The maximum absolute atomic E-state index is 10.8. The molecular weight excluding hydrogens is 276 g/mol. The minimum absolute atomic E-state index is 0.0850. The van der Waals surface area contributed by atoms with E-state index in [-0.39, 0.29) is 10.7 Å². The minimum Gasteiger partial charge on any atom is -0.381 e. The van der Waals surface area contributed by atoms with E-state index in [1.165, 1.54) is 28.8 Å². The standard InChI is InChI=1S/C15H15ClN2O2/c1-10-4-3-5-11(2)13(10)9-17-12-6-7-14(16)15(8-12)18(19)20/h3-8,17H,9H2,1-2H3. The molecule has 0 atom stereocenters. The van der Waals surface area contributed by atoms with Gasteiger partial charge in [-0.05, 0) is 42.7 Å². The van der Waals surface area contributed by atoms with E-state index >= 15 is 0 Å². The van der Waals surface area contributed by atoms with Gasteiger partial charge < -0.3 is 5.32 Å². The van der Waals surface area contributed by atoms with E-state index < -0.39 is 4.92 Å². The predicted octanol–water partition coefficient (Wildman–Crippen LogP) is 4.48. The summed E-state index contributed by atoms with van der Waals surface area (Å²) >= 11 is 5.79. The molecule has 0 amide bonds. The molecular formula is C15H15ClN2O2. The van der Waals surface area contributed by atoms with Gasteiger partial charge in [0.25, 0.3) is 5.69 Å². The van der Waals surface area contributed by atoms with E-state index in [9.17, 15) is 10.1 Å². The summed E-state index contributed by atoms with van der Waals surface area (Å²) in [4.78, 5) is 10.4. The summed E-state index contributed by atoms with van der Waals surface area (Å²) in [5.74, 6) is 0. The Morgan fingerprint density at radius 1 is 1.20 bits per heavy atom. The molecule has 0 aliphatic carbocycles. The van der Waals surface area contributed by atoms with Gasteiger partial charge in [0.2, 0.25) is 0 Å². The molecule has 0 saturated heterocycles. The van der Waals surface area contributed by atoms with Crippen LogP contribution in [0.4, 0.5) is 11.4 Å². The monoisotopic (exact) mass is 290 g/mol. The van der Waals surface area contributed by atoms with E-state index in [1.807, 2.05) is 32.0 Å². The predicted molar refractivity (Wildman–Crippen MR) is 81.3 cm³/mol. The Balaban J connectivity index is 2.19. The maximum Gasteiger partial charge on any atom is 0.289 e. The average molecular weight is 291 g/mol. The van der Waals surface area contributed by atoms with Crippen LogP contribution in [0.1, 0.15) is 16.7 Å². The first-order valence-electron chi connectivity index (χ1n) is 6.22. The molecule has 20 heavy (non-hydrogen) atoms. The van der Waals surface area contributed by atoms with Gasteiger partial charge in [0.1, 0.15) is 5.02 Å². The number of anilines is 1. The highest BCUT2D eigenvalue weighted by Crippen LogP contribution is 2.27. The molecule has 2 aromatic carbocycles. The number of nitrogens with one attached hydrogen (secondary N) is 1. The van der Waals surface area contributed by atoms with Gasteiger partial charge in [-0.25, -0.2) is 0 Å². The summed E-state index contributed by atoms with van der Waals surface area (Å²) < 4.78 is 0. The van der Waals surface area contributed by atoms with E-state index in [0.29, 0.717) is 12.2 Å². The number of nitrogens with zero attached hydrogens (tertiary/aromatic N) is 1. The number of hydrogen-bond donors (Lipinski definition) is 1. The molecule has 0 fully saturated rings. The zero-order valence-electron chi connectivity index (χ0n) is 11.3. The third kappa shape index (κ3) is 3.08. The Hall–Kier alpha value is -2.07. The summed E-state index contributed by atoms with van der Waals surface area (Å²) in [6.07, 6.45) is 0. The zero-order chi connectivity index (χ0) is 14.7. The number of aryl methyl sites for hydroxylation is 2. The normalized spacial score (nSPS) is 10.3. The molecule has 2 aromatic rings. The second kappa shape index (κ2) is 5.92. The largest absolute Gasteiger partial charge is 0.381 e. The van der Waals surface area contributed by atoms with Crippen LogP contribution in [0.25, 0.3) is 0 Å². The van der Waals surface area contributed by atoms with Crippen molar-refractivity contribution >= 4 is 23.0 Å². The Bertz CT molecular complexity index is 636. The molecule has 5 heteroatoms. The van der Waals surface area contributed by atoms with Crippen LogP contribution in [0.5, 0.6) is 0 Å². The van der Waals surface area contributed by atoms with Crippen LogP contribution in [0.15, 0.2) is 36.4 Å². The number of rotatable bonds is 4. The topological polar surface area (TPSA) is 55.2 Å². The van der Waals surface area contributed by atoms with Crippen molar-refractivity contribution in [1.29, 1.82) is 0 Å². The smallest absolute Gasteiger partial charge is 0.289 e. The molecule has 0 spiro atoms. The highest BCUT2D eigenvalue weighted by Gasteiger charge is 2.12. The first-order valence-corrected chi connectivity index (χ1v) is 6.59. The lowest BCUT2D eigenvalue weighted by atomic mass is 10.0. The first kappa shape index (κ1) is 14.3. The van der Waals surface area contributed by atoms with Crippen molar-refractivity contribution < 1.29 is 4.92 Å². The molecule has 0 saturated carbocycles. The lowest BCUT2D eigenvalue weighted by molar-refractivity contribution is -0.384. The van der Waals surface area contributed by atoms with Crippen molar-refractivity contribution in [1.82, 2.24) is 0 Å². The molecule has 0 aromatic heterocycles. The van der Waals surface area contributed by atoms with Crippen molar-refractivity contribution in [2.45, 2.75) is 20.4 Å². The highest BCUT2D eigenvalue weighted by molar-refractivity contribution is 6.32. The van der Waals surface area contributed by atoms with Crippen molar-refractivity contribution in [2.75, 3.05) is 5.32 Å². The minimum atomic E-state index is -0.480. The van der Waals surface area contributed by atoms with Gasteiger partial charge in [0, 0.05) is 18.3 Å². The molecule has 0 unspecified atom stereocenters. The third-order valence-electron chi connectivity index (χ3n) is 3.26. The van der Waals surface area contributed by atoms with Crippen LogP contribution in [-0.2, 0) is 6.54 Å². The molecule has 1 N–H and O–H groups in total. The quantitative estimate of drug-likeness (QED) is 0.667. The molecule has 2 rings (SSSR count). The van der Waals surface area contributed by atoms with E-state index in [2.05, 4.69) is 5.32 Å². The van der Waals surface area contributed by atoms with Gasteiger partial charge in [0.15, 0.2) is 0 Å². The Labute approximate surface area is 122 Å². The van der Waals surface area contributed by atoms with Crippen molar-refractivity contribution in [3.63, 3.8) is 0 Å². The third-order valence-corrected chi connectivity index (χ3v) is 3.58. The van der Waals surface area contributed by atoms with Gasteiger partial charge >= 0.3 is 0 Å². The number of hydrogen-bond acceptors (Lipinski definition) is 3. The summed E-state index contributed by atoms with van der Waals surface area (Å²) in [5, 5.41) is 14.2. The van der Waals surface area contributed by atoms with Gasteiger partial charge in [0.05, 0.1) is 4.92 Å². The fourth-order valence-electron chi connectivity index (χ4n) is 2.08. The second-order valence-electron chi connectivity index (χ2n) is 4.65. The molecule has 0 heterocycles. The van der Waals surface area contributed by atoms with Gasteiger partial charge in [-0.3, -0.25) is 10.1 Å². The number of halogens is 1. The van der Waals surface area contributed by atoms with E-state index in [4.69, 9.17) is 11.6 Å². The van der Waals surface area contributed by atoms with Gasteiger partial charge in [-0.1, -0.05) is 29.8 Å². The number of benzene rings is 2. The van der Waals surface area contributed by atoms with Crippen molar-refractivity contribution in [3.8, 4) is 0 Å². The summed E-state index contributed by atoms with van der Waals surface area (Å²) in [6.45, 7) is 4.72. The molecule has 0 aliphatic heterocycles. The fraction of sp³-hybridized carbons (Fsp3) is 0.200. The Kier molecular flexibility index (Phi) is 4.25. The van der Waals surface area contributed by atoms with Crippen LogP contribution < -0.4 is 5.32 Å². The molecule has 0 radical (unpaired) electrons. The van der Waals surface area contributed by atoms with Crippen LogP contribution in [0.2, 0.25) is 5.02 Å². The average Bonchev–Trinajstić information content (AvgIpc) is 2.39. The van der Waals surface area contributed by atoms with E-state index in [1.54, 1.807) is 6.07 Å². The fourth-order valence-corrected chi connectivity index (χ4v) is 2.27. The first-order chi connectivity index (χ1) is 9.49. The number of nitro benzene ring substituents is 1. The number of nitro groups is 1. The Morgan fingerprint density at radius 3 is 2.45 bits per heavy atom. The Morgan fingerprint density at radius 2 is 1.85 bits per heavy atom. The van der Waals surface area contributed by atoms with E-state index in [0.717, 1.165) is 0 Å². The van der Waals surface area contributed by atoms with Gasteiger partial charge in [-0.2, -0.15) is 0 Å². The lowest BCUT2D eigenvalue weighted by Crippen LogP contribution is -2.04. The van der Waals surface area contributed by atoms with Crippen LogP contribution in [0, 0.1) is 24.0 Å². The van der Waals surface area contributed by atoms with Crippen molar-refractivity contribution in [3.05, 3.63) is 68.2 Å². The molecule has 0 bridgehead atoms.